The van der Waals surface area contributed by atoms with E-state index < -0.39 is 5.82 Å². The summed E-state index contributed by atoms with van der Waals surface area (Å²) < 4.78 is 18.3. The van der Waals surface area contributed by atoms with Crippen LogP contribution >= 0.6 is 11.6 Å². The highest BCUT2D eigenvalue weighted by Gasteiger charge is 2.03. The smallest absolute Gasteiger partial charge is 0.150 e. The molecule has 0 aromatic heterocycles. The first-order valence-corrected chi connectivity index (χ1v) is 5.01. The Morgan fingerprint density at radius 2 is 1.94 bits per heavy atom. The number of anilines is 1. The second-order valence-electron chi connectivity index (χ2n) is 3.24. The van der Waals surface area contributed by atoms with E-state index in [0.29, 0.717) is 16.5 Å². The van der Waals surface area contributed by atoms with E-state index in [2.05, 4.69) is 0 Å². The molecule has 2 nitrogen and oxygen atoms in total. The van der Waals surface area contributed by atoms with Crippen LogP contribution in [0.2, 0.25) is 5.02 Å². The lowest BCUT2D eigenvalue weighted by atomic mass is 10.3. The van der Waals surface area contributed by atoms with E-state index in [1.165, 1.54) is 18.2 Å². The van der Waals surface area contributed by atoms with E-state index in [-0.39, 0.29) is 5.69 Å². The average Bonchev–Trinajstić information content (AvgIpc) is 2.22. The minimum atomic E-state index is -0.393. The second-order valence-corrected chi connectivity index (χ2v) is 3.68. The number of halogens is 2. The van der Waals surface area contributed by atoms with Crippen molar-refractivity contribution >= 4 is 17.3 Å². The predicted octanol–water partition coefficient (Wildman–Crippen LogP) is 3.85. The highest BCUT2D eigenvalue weighted by molar-refractivity contribution is 6.30. The van der Waals surface area contributed by atoms with Gasteiger partial charge in [0.05, 0.1) is 5.69 Å². The molecule has 0 unspecified atom stereocenters. The molecule has 0 spiro atoms. The van der Waals surface area contributed by atoms with Crippen LogP contribution in [-0.2, 0) is 0 Å². The van der Waals surface area contributed by atoms with Gasteiger partial charge in [0.2, 0.25) is 0 Å². The molecule has 0 saturated heterocycles. The Morgan fingerprint density at radius 3 is 2.62 bits per heavy atom. The molecule has 0 aliphatic heterocycles. The van der Waals surface area contributed by atoms with Crippen LogP contribution in [0.15, 0.2) is 42.5 Å². The monoisotopic (exact) mass is 237 g/mol. The summed E-state index contributed by atoms with van der Waals surface area (Å²) in [5.74, 6) is 0.574. The van der Waals surface area contributed by atoms with Gasteiger partial charge in [-0.1, -0.05) is 17.7 Å². The molecule has 0 atom stereocenters. The molecule has 2 aromatic rings. The Balaban J connectivity index is 2.27. The van der Waals surface area contributed by atoms with Gasteiger partial charge in [0.1, 0.15) is 11.6 Å². The lowest BCUT2D eigenvalue weighted by Crippen LogP contribution is -1.92. The quantitative estimate of drug-likeness (QED) is 0.805. The van der Waals surface area contributed by atoms with E-state index in [1.807, 2.05) is 0 Å². The van der Waals surface area contributed by atoms with Crippen molar-refractivity contribution in [1.82, 2.24) is 0 Å². The second kappa shape index (κ2) is 4.41. The van der Waals surface area contributed by atoms with Crippen LogP contribution in [0.25, 0.3) is 0 Å². The maximum Gasteiger partial charge on any atom is 0.150 e. The highest BCUT2D eigenvalue weighted by Crippen LogP contribution is 2.29. The third-order valence-electron chi connectivity index (χ3n) is 2.00. The normalized spacial score (nSPS) is 10.1. The van der Waals surface area contributed by atoms with Gasteiger partial charge in [-0.25, -0.2) is 4.39 Å². The van der Waals surface area contributed by atoms with Gasteiger partial charge in [0.25, 0.3) is 0 Å². The van der Waals surface area contributed by atoms with Crippen molar-refractivity contribution in [3.05, 3.63) is 53.3 Å². The maximum atomic E-state index is 12.8. The number of hydrogen-bond acceptors (Lipinski definition) is 2. The molecule has 0 heterocycles. The molecular formula is C12H9ClFNO. The van der Waals surface area contributed by atoms with E-state index in [9.17, 15) is 4.39 Å². The Morgan fingerprint density at radius 1 is 1.12 bits per heavy atom. The third kappa shape index (κ3) is 2.44. The zero-order valence-corrected chi connectivity index (χ0v) is 9.04. The molecule has 0 aliphatic carbocycles. The van der Waals surface area contributed by atoms with E-state index in [1.54, 1.807) is 24.3 Å². The fraction of sp³-hybridized carbons (Fsp3) is 0. The van der Waals surface area contributed by atoms with Gasteiger partial charge in [0.15, 0.2) is 5.75 Å². The van der Waals surface area contributed by atoms with Gasteiger partial charge in [-0.2, -0.15) is 0 Å². The first-order chi connectivity index (χ1) is 7.65. The van der Waals surface area contributed by atoms with E-state index in [0.717, 1.165) is 0 Å². The van der Waals surface area contributed by atoms with Crippen LogP contribution in [0, 0.1) is 5.82 Å². The average molecular weight is 238 g/mol. The predicted molar refractivity (Wildman–Crippen MR) is 62.3 cm³/mol. The van der Waals surface area contributed by atoms with Crippen LogP contribution in [0.4, 0.5) is 10.1 Å². The van der Waals surface area contributed by atoms with Crippen molar-refractivity contribution in [2.75, 3.05) is 5.73 Å². The lowest BCUT2D eigenvalue weighted by Gasteiger charge is -2.08. The van der Waals surface area contributed by atoms with Crippen LogP contribution in [-0.4, -0.2) is 0 Å². The zero-order valence-electron chi connectivity index (χ0n) is 8.28. The molecule has 0 aliphatic rings. The number of hydrogen-bond donors (Lipinski definition) is 1. The Hall–Kier alpha value is -1.74. The molecule has 0 radical (unpaired) electrons. The molecule has 0 bridgehead atoms. The van der Waals surface area contributed by atoms with Crippen LogP contribution in [0.5, 0.6) is 11.5 Å². The Bertz CT molecular complexity index is 516. The molecule has 82 valence electrons. The molecule has 16 heavy (non-hydrogen) atoms. The molecule has 4 heteroatoms. The summed E-state index contributed by atoms with van der Waals surface area (Å²) in [5, 5.41) is 0.568. The van der Waals surface area contributed by atoms with Gasteiger partial charge in [-0.15, -0.1) is 0 Å². The van der Waals surface area contributed by atoms with Crippen molar-refractivity contribution in [1.29, 1.82) is 0 Å². The van der Waals surface area contributed by atoms with Crippen molar-refractivity contribution in [2.45, 2.75) is 0 Å². The summed E-state index contributed by atoms with van der Waals surface area (Å²) >= 11 is 5.80. The number of nitrogen functional groups attached to an aromatic ring is 1. The summed E-state index contributed by atoms with van der Waals surface area (Å²) in [4.78, 5) is 0. The SMILES string of the molecule is Nc1cc(F)ccc1Oc1cccc(Cl)c1. The fourth-order valence-electron chi connectivity index (χ4n) is 1.27. The van der Waals surface area contributed by atoms with Gasteiger partial charge < -0.3 is 10.5 Å². The number of rotatable bonds is 2. The summed E-state index contributed by atoms with van der Waals surface area (Å²) in [6, 6.07) is 10.9. The van der Waals surface area contributed by atoms with Crippen molar-refractivity contribution in [3.8, 4) is 11.5 Å². The molecule has 2 rings (SSSR count). The summed E-state index contributed by atoms with van der Waals surface area (Å²) in [6.07, 6.45) is 0. The Kier molecular flexibility index (Phi) is 2.97. The van der Waals surface area contributed by atoms with E-state index >= 15 is 0 Å². The van der Waals surface area contributed by atoms with Gasteiger partial charge in [0, 0.05) is 11.1 Å². The van der Waals surface area contributed by atoms with Gasteiger partial charge in [-0.05, 0) is 30.3 Å². The largest absolute Gasteiger partial charge is 0.455 e. The summed E-state index contributed by atoms with van der Waals surface area (Å²) in [6.45, 7) is 0. The summed E-state index contributed by atoms with van der Waals surface area (Å²) in [7, 11) is 0. The fourth-order valence-corrected chi connectivity index (χ4v) is 1.45. The topological polar surface area (TPSA) is 35.2 Å². The van der Waals surface area contributed by atoms with Crippen LogP contribution in [0.3, 0.4) is 0 Å². The zero-order chi connectivity index (χ0) is 11.5. The number of ether oxygens (including phenoxy) is 1. The molecule has 0 saturated carbocycles. The highest BCUT2D eigenvalue weighted by atomic mass is 35.5. The van der Waals surface area contributed by atoms with Crippen molar-refractivity contribution in [3.63, 3.8) is 0 Å². The number of nitrogens with two attached hydrogens (primary N) is 1. The van der Waals surface area contributed by atoms with Crippen molar-refractivity contribution in [2.24, 2.45) is 0 Å². The standard InChI is InChI=1S/C12H9ClFNO/c13-8-2-1-3-10(6-8)16-12-5-4-9(14)7-11(12)15/h1-7H,15H2. The first-order valence-electron chi connectivity index (χ1n) is 4.63. The number of benzene rings is 2. The molecule has 2 N–H and O–H groups in total. The van der Waals surface area contributed by atoms with Crippen LogP contribution in [0.1, 0.15) is 0 Å². The Labute approximate surface area is 97.4 Å². The molecule has 0 fully saturated rings. The summed E-state index contributed by atoms with van der Waals surface area (Å²) in [5.41, 5.74) is 5.86. The van der Waals surface area contributed by atoms with E-state index in [4.69, 9.17) is 22.1 Å². The van der Waals surface area contributed by atoms with Crippen molar-refractivity contribution < 1.29 is 9.13 Å². The van der Waals surface area contributed by atoms with Gasteiger partial charge >= 0.3 is 0 Å². The minimum Gasteiger partial charge on any atom is -0.455 e. The lowest BCUT2D eigenvalue weighted by molar-refractivity contribution is 0.483. The molecule has 0 amide bonds. The molecular weight excluding hydrogens is 229 g/mol. The molecule has 2 aromatic carbocycles. The maximum absolute atomic E-state index is 12.8. The third-order valence-corrected chi connectivity index (χ3v) is 2.23. The van der Waals surface area contributed by atoms with Crippen LogP contribution < -0.4 is 10.5 Å². The van der Waals surface area contributed by atoms with Gasteiger partial charge in [-0.3, -0.25) is 0 Å². The first kappa shape index (κ1) is 10.8. The minimum absolute atomic E-state index is 0.250.